The van der Waals surface area contributed by atoms with Crippen LogP contribution in [-0.4, -0.2) is 4.57 Å². The number of unbranched alkanes of at least 4 members (excludes halogenated alkanes) is 1. The van der Waals surface area contributed by atoms with Gasteiger partial charge in [0.1, 0.15) is 12.4 Å². The Labute approximate surface area is 81.7 Å². The second kappa shape index (κ2) is 5.25. The van der Waals surface area contributed by atoms with E-state index in [-0.39, 0.29) is 13.5 Å². The third-order valence-corrected chi connectivity index (χ3v) is 2.15. The van der Waals surface area contributed by atoms with Crippen molar-refractivity contribution in [3.05, 3.63) is 18.2 Å². The minimum Gasteiger partial charge on any atom is -0.237 e. The molecule has 0 aliphatic rings. The number of hydrogen-bond donors (Lipinski definition) is 0. The van der Waals surface area contributed by atoms with Gasteiger partial charge in [0.15, 0.2) is 0 Å². The van der Waals surface area contributed by atoms with E-state index in [1.165, 1.54) is 18.7 Å². The topological polar surface area (TPSA) is 8.81 Å². The molecule has 2 nitrogen and oxygen atoms in total. The van der Waals surface area contributed by atoms with Gasteiger partial charge in [0.2, 0.25) is 0 Å². The molecule has 70 valence electrons. The molecule has 0 saturated carbocycles. The van der Waals surface area contributed by atoms with E-state index < -0.39 is 0 Å². The molecule has 12 heavy (non-hydrogen) atoms. The molecule has 0 unspecified atom stereocenters. The van der Waals surface area contributed by atoms with Crippen LogP contribution in [0, 0.1) is 6.92 Å². The van der Waals surface area contributed by atoms with E-state index in [9.17, 15) is 0 Å². The molecule has 0 aromatic carbocycles. The minimum atomic E-state index is 0. The van der Waals surface area contributed by atoms with Crippen LogP contribution < -0.4 is 4.57 Å². The third-order valence-electron chi connectivity index (χ3n) is 2.15. The van der Waals surface area contributed by atoms with Gasteiger partial charge in [-0.25, -0.2) is 9.13 Å². The summed E-state index contributed by atoms with van der Waals surface area (Å²) in [6, 6.07) is 0. The molecule has 1 rings (SSSR count). The summed E-state index contributed by atoms with van der Waals surface area (Å²) < 4.78 is 4.44. The first kappa shape index (κ1) is 11.6. The zero-order valence-electron chi connectivity index (χ0n) is 8.17. The summed E-state index contributed by atoms with van der Waals surface area (Å²) >= 11 is 0. The average molecular weight is 187 g/mol. The van der Waals surface area contributed by atoms with Crippen molar-refractivity contribution < 1.29 is 4.57 Å². The maximum atomic E-state index is 2.30. The fourth-order valence-electron chi connectivity index (χ4n) is 1.16. The molecule has 1 aromatic rings. The highest BCUT2D eigenvalue weighted by atomic mass is 32.1. The summed E-state index contributed by atoms with van der Waals surface area (Å²) in [7, 11) is 2.08. The Hall–Kier alpha value is -0.440. The van der Waals surface area contributed by atoms with Crippen molar-refractivity contribution in [2.75, 3.05) is 0 Å². The molecule has 3 heteroatoms. The Kier molecular flexibility index (Phi) is 5.06. The van der Waals surface area contributed by atoms with Crippen LogP contribution in [0.1, 0.15) is 25.6 Å². The predicted octanol–water partition coefficient (Wildman–Crippen LogP) is 1.53. The Morgan fingerprint density at radius 2 is 2.17 bits per heavy atom. The Balaban J connectivity index is 0.00000121. The molecule has 1 heterocycles. The first-order valence-corrected chi connectivity index (χ1v) is 4.27. The molecule has 0 fully saturated rings. The first-order valence-electron chi connectivity index (χ1n) is 4.27. The van der Waals surface area contributed by atoms with Gasteiger partial charge in [-0.15, -0.1) is 0 Å². The van der Waals surface area contributed by atoms with Crippen molar-refractivity contribution in [1.29, 1.82) is 0 Å². The maximum Gasteiger partial charge on any atom is 0.253 e. The van der Waals surface area contributed by atoms with Crippen molar-refractivity contribution in [3.63, 3.8) is 0 Å². The van der Waals surface area contributed by atoms with Gasteiger partial charge in [0.25, 0.3) is 5.82 Å². The summed E-state index contributed by atoms with van der Waals surface area (Å²) in [6.07, 6.45) is 6.78. The van der Waals surface area contributed by atoms with Gasteiger partial charge in [-0.2, -0.15) is 13.5 Å². The molecule has 0 aliphatic carbocycles. The van der Waals surface area contributed by atoms with Gasteiger partial charge in [-0.3, -0.25) is 0 Å². The second-order valence-electron chi connectivity index (χ2n) is 3.00. The summed E-state index contributed by atoms with van der Waals surface area (Å²) in [5.74, 6) is 1.33. The number of hydrogen-bond acceptors (Lipinski definition) is 0. The van der Waals surface area contributed by atoms with Crippen LogP contribution in [0.2, 0.25) is 0 Å². The second-order valence-corrected chi connectivity index (χ2v) is 3.00. The largest absolute Gasteiger partial charge is 0.253 e. The highest BCUT2D eigenvalue weighted by Gasteiger charge is 2.06. The summed E-state index contributed by atoms with van der Waals surface area (Å²) in [5, 5.41) is 0. The van der Waals surface area contributed by atoms with Gasteiger partial charge < -0.3 is 0 Å². The molecule has 0 radical (unpaired) electrons. The maximum absolute atomic E-state index is 2.30. The van der Waals surface area contributed by atoms with Crippen LogP contribution in [0.25, 0.3) is 0 Å². The van der Waals surface area contributed by atoms with Crippen LogP contribution in [-0.2, 0) is 13.6 Å². The van der Waals surface area contributed by atoms with E-state index in [0.717, 1.165) is 6.54 Å². The number of aryl methyl sites for hydroxylation is 2. The van der Waals surface area contributed by atoms with Crippen molar-refractivity contribution >= 4 is 13.5 Å². The fraction of sp³-hybridized carbons (Fsp3) is 0.667. The standard InChI is InChI=1S/C9H17N2.H2S/c1-4-5-6-11-8-7-10(3)9(11)2;/h7-8H,4-6H2,1-3H3;1H2/q+1;. The molecular formula is C9H19N2S+. The highest BCUT2D eigenvalue weighted by molar-refractivity contribution is 7.59. The normalized spacial score (nSPS) is 9.58. The van der Waals surface area contributed by atoms with E-state index in [1.54, 1.807) is 0 Å². The van der Waals surface area contributed by atoms with Crippen molar-refractivity contribution in [2.24, 2.45) is 7.05 Å². The molecule has 0 bridgehead atoms. The lowest BCUT2D eigenvalue weighted by molar-refractivity contribution is -0.677. The van der Waals surface area contributed by atoms with Gasteiger partial charge in [0.05, 0.1) is 13.6 Å². The van der Waals surface area contributed by atoms with Crippen molar-refractivity contribution in [1.82, 2.24) is 4.57 Å². The predicted molar refractivity (Wildman–Crippen MR) is 55.6 cm³/mol. The van der Waals surface area contributed by atoms with Gasteiger partial charge in [0, 0.05) is 6.92 Å². The summed E-state index contributed by atoms with van der Waals surface area (Å²) in [4.78, 5) is 0. The van der Waals surface area contributed by atoms with Crippen LogP contribution in [0.3, 0.4) is 0 Å². The van der Waals surface area contributed by atoms with E-state index in [4.69, 9.17) is 0 Å². The highest BCUT2D eigenvalue weighted by Crippen LogP contribution is 1.96. The Morgan fingerprint density at radius 1 is 1.50 bits per heavy atom. The monoisotopic (exact) mass is 187 g/mol. The molecule has 0 atom stereocenters. The molecular weight excluding hydrogens is 168 g/mol. The zero-order chi connectivity index (χ0) is 8.27. The number of aromatic nitrogens is 2. The minimum absolute atomic E-state index is 0. The lowest BCUT2D eigenvalue weighted by Crippen LogP contribution is -2.29. The van der Waals surface area contributed by atoms with Crippen molar-refractivity contribution in [2.45, 2.75) is 33.2 Å². The first-order chi connectivity index (χ1) is 5.25. The number of imidazole rings is 1. The van der Waals surface area contributed by atoms with Crippen LogP contribution in [0.4, 0.5) is 0 Å². The lowest BCUT2D eigenvalue weighted by Gasteiger charge is -1.95. The average Bonchev–Trinajstić information content (AvgIpc) is 2.31. The van der Waals surface area contributed by atoms with Gasteiger partial charge in [-0.05, 0) is 6.42 Å². The molecule has 0 amide bonds. The number of nitrogens with zero attached hydrogens (tertiary/aromatic N) is 2. The molecule has 0 N–H and O–H groups in total. The third kappa shape index (κ3) is 2.55. The number of rotatable bonds is 3. The molecule has 1 aromatic heterocycles. The fourth-order valence-corrected chi connectivity index (χ4v) is 1.16. The Bertz CT molecular complexity index is 230. The van der Waals surface area contributed by atoms with E-state index >= 15 is 0 Å². The molecule has 0 aliphatic heterocycles. The lowest BCUT2D eigenvalue weighted by atomic mass is 10.3. The van der Waals surface area contributed by atoms with Crippen molar-refractivity contribution in [3.8, 4) is 0 Å². The molecule has 0 saturated heterocycles. The van der Waals surface area contributed by atoms with E-state index in [1.807, 2.05) is 0 Å². The zero-order valence-corrected chi connectivity index (χ0v) is 9.17. The smallest absolute Gasteiger partial charge is 0.237 e. The van der Waals surface area contributed by atoms with Gasteiger partial charge in [-0.1, -0.05) is 13.3 Å². The summed E-state index contributed by atoms with van der Waals surface area (Å²) in [6.45, 7) is 5.53. The quantitative estimate of drug-likeness (QED) is 0.635. The SMILES string of the molecule is CCCCn1cc[n+](C)c1C.S. The van der Waals surface area contributed by atoms with Crippen LogP contribution >= 0.6 is 13.5 Å². The van der Waals surface area contributed by atoms with Crippen LogP contribution in [0.15, 0.2) is 12.4 Å². The molecule has 0 spiro atoms. The van der Waals surface area contributed by atoms with Crippen LogP contribution in [0.5, 0.6) is 0 Å². The Morgan fingerprint density at radius 3 is 2.58 bits per heavy atom. The van der Waals surface area contributed by atoms with E-state index in [2.05, 4.69) is 42.4 Å². The van der Waals surface area contributed by atoms with Gasteiger partial charge >= 0.3 is 0 Å². The van der Waals surface area contributed by atoms with E-state index in [0.29, 0.717) is 0 Å². The summed E-state index contributed by atoms with van der Waals surface area (Å²) in [5.41, 5.74) is 0.